The summed E-state index contributed by atoms with van der Waals surface area (Å²) in [6.45, 7) is 3.50. The Morgan fingerprint density at radius 1 is 1.53 bits per heavy atom. The number of carboxylic acids is 1. The molecule has 0 unspecified atom stereocenters. The summed E-state index contributed by atoms with van der Waals surface area (Å²) in [5.41, 5.74) is 2.95. The van der Waals surface area contributed by atoms with Crippen LogP contribution in [0.3, 0.4) is 0 Å². The average molecular weight is 237 g/mol. The van der Waals surface area contributed by atoms with Gasteiger partial charge in [-0.15, -0.1) is 0 Å². The molecule has 0 aliphatic carbocycles. The molecule has 6 nitrogen and oxygen atoms in total. The van der Waals surface area contributed by atoms with E-state index in [1.807, 2.05) is 6.92 Å². The molecule has 6 heteroatoms. The van der Waals surface area contributed by atoms with Crippen molar-refractivity contribution < 1.29 is 14.6 Å². The van der Waals surface area contributed by atoms with Crippen LogP contribution in [-0.2, 0) is 22.6 Å². The number of aryl methyl sites for hydroxylation is 1. The maximum atomic E-state index is 10.4. The van der Waals surface area contributed by atoms with Gasteiger partial charge in [-0.3, -0.25) is 4.79 Å². The zero-order valence-electron chi connectivity index (χ0n) is 9.69. The van der Waals surface area contributed by atoms with Gasteiger partial charge in [-0.1, -0.05) is 0 Å². The van der Waals surface area contributed by atoms with Crippen LogP contribution in [0.1, 0.15) is 23.4 Å². The summed E-state index contributed by atoms with van der Waals surface area (Å²) in [5.74, 6) is -0.329. The number of hydrogen-bond acceptors (Lipinski definition) is 5. The van der Waals surface area contributed by atoms with E-state index in [1.54, 1.807) is 0 Å². The van der Waals surface area contributed by atoms with Crippen molar-refractivity contribution in [3.63, 3.8) is 0 Å². The van der Waals surface area contributed by atoms with Gasteiger partial charge in [0.15, 0.2) is 0 Å². The summed E-state index contributed by atoms with van der Waals surface area (Å²) in [6, 6.07) is 0. The third-order valence-corrected chi connectivity index (χ3v) is 2.65. The number of rotatable bonds is 4. The van der Waals surface area contributed by atoms with E-state index in [2.05, 4.69) is 15.3 Å². The van der Waals surface area contributed by atoms with E-state index in [1.165, 1.54) is 0 Å². The number of fused-ring (bicyclic) bond motifs is 1. The van der Waals surface area contributed by atoms with Crippen LogP contribution in [-0.4, -0.2) is 34.2 Å². The van der Waals surface area contributed by atoms with Crippen LogP contribution in [0.5, 0.6) is 0 Å². The van der Waals surface area contributed by atoms with Crippen molar-refractivity contribution in [1.29, 1.82) is 0 Å². The number of nitrogens with zero attached hydrogens (tertiary/aromatic N) is 2. The second-order valence-electron chi connectivity index (χ2n) is 3.93. The molecule has 0 fully saturated rings. The van der Waals surface area contributed by atoms with Crippen molar-refractivity contribution in [2.24, 2.45) is 0 Å². The number of anilines is 1. The van der Waals surface area contributed by atoms with E-state index in [0.29, 0.717) is 25.7 Å². The third-order valence-electron chi connectivity index (χ3n) is 2.65. The predicted octanol–water partition coefficient (Wildman–Crippen LogP) is 0.744. The molecule has 1 aliphatic rings. The molecule has 1 aromatic heterocycles. The minimum absolute atomic E-state index is 0.0581. The number of carboxylic acid groups (broad SMARTS) is 1. The number of hydrogen-bond donors (Lipinski definition) is 2. The van der Waals surface area contributed by atoms with Crippen LogP contribution in [0.25, 0.3) is 0 Å². The minimum Gasteiger partial charge on any atom is -0.481 e. The number of aromatic nitrogens is 2. The van der Waals surface area contributed by atoms with Crippen molar-refractivity contribution in [1.82, 2.24) is 9.97 Å². The minimum atomic E-state index is -0.833. The first-order chi connectivity index (χ1) is 8.16. The lowest BCUT2D eigenvalue weighted by Crippen LogP contribution is -2.17. The molecule has 0 saturated carbocycles. The molecule has 0 saturated heterocycles. The molecule has 0 atom stereocenters. The summed E-state index contributed by atoms with van der Waals surface area (Å²) in [4.78, 5) is 19.1. The normalized spacial score (nSPS) is 14.2. The summed E-state index contributed by atoms with van der Waals surface area (Å²) in [6.07, 6.45) is 0.842. The van der Waals surface area contributed by atoms with E-state index >= 15 is 0 Å². The van der Waals surface area contributed by atoms with Gasteiger partial charge in [0.05, 0.1) is 25.3 Å². The van der Waals surface area contributed by atoms with Crippen LogP contribution in [0.4, 0.5) is 5.95 Å². The largest absolute Gasteiger partial charge is 0.481 e. The lowest BCUT2D eigenvalue weighted by molar-refractivity contribution is -0.136. The van der Waals surface area contributed by atoms with Crippen molar-refractivity contribution in [3.05, 3.63) is 17.0 Å². The van der Waals surface area contributed by atoms with E-state index in [9.17, 15) is 4.79 Å². The first-order valence-electron chi connectivity index (χ1n) is 5.56. The van der Waals surface area contributed by atoms with E-state index in [0.717, 1.165) is 23.4 Å². The molecule has 2 heterocycles. The first-order valence-corrected chi connectivity index (χ1v) is 5.56. The quantitative estimate of drug-likeness (QED) is 0.803. The molecule has 1 aliphatic heterocycles. The zero-order chi connectivity index (χ0) is 12.3. The Labute approximate surface area is 99.0 Å². The van der Waals surface area contributed by atoms with Gasteiger partial charge in [0, 0.05) is 24.2 Å². The Morgan fingerprint density at radius 3 is 3.12 bits per heavy atom. The second-order valence-corrected chi connectivity index (χ2v) is 3.93. The van der Waals surface area contributed by atoms with Crippen molar-refractivity contribution >= 4 is 11.9 Å². The Balaban J connectivity index is 2.08. The topological polar surface area (TPSA) is 84.3 Å². The Hall–Kier alpha value is -1.69. The molecular weight excluding hydrogens is 222 g/mol. The van der Waals surface area contributed by atoms with Gasteiger partial charge in [-0.25, -0.2) is 9.97 Å². The summed E-state index contributed by atoms with van der Waals surface area (Å²) < 4.78 is 5.35. The van der Waals surface area contributed by atoms with Gasteiger partial charge in [0.2, 0.25) is 5.95 Å². The van der Waals surface area contributed by atoms with Crippen LogP contribution in [0.2, 0.25) is 0 Å². The highest BCUT2D eigenvalue weighted by Gasteiger charge is 2.15. The molecule has 2 N–H and O–H groups in total. The Kier molecular flexibility index (Phi) is 3.53. The van der Waals surface area contributed by atoms with Gasteiger partial charge in [0.25, 0.3) is 0 Å². The standard InChI is InChI=1S/C11H15N3O3/c1-7-8-6-17-5-3-9(8)14-11(13-7)12-4-2-10(15)16/h2-6H2,1H3,(H,15,16)(H,12,13,14). The SMILES string of the molecule is Cc1nc(NCCC(=O)O)nc2c1COCC2. The number of carbonyl (C=O) groups is 1. The maximum Gasteiger partial charge on any atom is 0.305 e. The van der Waals surface area contributed by atoms with Crippen LogP contribution in [0, 0.1) is 6.92 Å². The number of ether oxygens (including phenoxy) is 1. The van der Waals surface area contributed by atoms with Gasteiger partial charge < -0.3 is 15.2 Å². The molecule has 0 bridgehead atoms. The fraction of sp³-hybridized carbons (Fsp3) is 0.545. The highest BCUT2D eigenvalue weighted by molar-refractivity contribution is 5.67. The molecule has 2 rings (SSSR count). The number of nitrogens with one attached hydrogen (secondary N) is 1. The smallest absolute Gasteiger partial charge is 0.305 e. The van der Waals surface area contributed by atoms with Gasteiger partial charge in [-0.2, -0.15) is 0 Å². The second kappa shape index (κ2) is 5.09. The van der Waals surface area contributed by atoms with Crippen LogP contribution >= 0.6 is 0 Å². The lowest BCUT2D eigenvalue weighted by atomic mass is 10.1. The van der Waals surface area contributed by atoms with Gasteiger partial charge in [-0.05, 0) is 6.92 Å². The molecule has 17 heavy (non-hydrogen) atoms. The van der Waals surface area contributed by atoms with Crippen LogP contribution < -0.4 is 5.32 Å². The van der Waals surface area contributed by atoms with Crippen LogP contribution in [0.15, 0.2) is 0 Å². The highest BCUT2D eigenvalue weighted by Crippen LogP contribution is 2.18. The summed E-state index contributed by atoms with van der Waals surface area (Å²) in [5, 5.41) is 11.5. The van der Waals surface area contributed by atoms with Gasteiger partial charge >= 0.3 is 5.97 Å². The molecule has 92 valence electrons. The third kappa shape index (κ3) is 2.91. The Morgan fingerprint density at radius 2 is 2.35 bits per heavy atom. The molecule has 0 spiro atoms. The van der Waals surface area contributed by atoms with Crippen molar-refractivity contribution in [3.8, 4) is 0 Å². The van der Waals surface area contributed by atoms with E-state index in [4.69, 9.17) is 9.84 Å². The number of aliphatic carboxylic acids is 1. The summed E-state index contributed by atoms with van der Waals surface area (Å²) >= 11 is 0. The van der Waals surface area contributed by atoms with E-state index in [-0.39, 0.29) is 6.42 Å². The molecular formula is C11H15N3O3. The molecule has 0 aromatic carbocycles. The average Bonchev–Trinajstić information content (AvgIpc) is 2.28. The molecule has 0 radical (unpaired) electrons. The Bertz CT molecular complexity index is 434. The first kappa shape index (κ1) is 11.8. The monoisotopic (exact) mass is 237 g/mol. The van der Waals surface area contributed by atoms with Gasteiger partial charge in [0.1, 0.15) is 0 Å². The lowest BCUT2D eigenvalue weighted by Gasteiger charge is -2.18. The molecule has 0 amide bonds. The fourth-order valence-corrected chi connectivity index (χ4v) is 1.75. The van der Waals surface area contributed by atoms with E-state index < -0.39 is 5.97 Å². The fourth-order valence-electron chi connectivity index (χ4n) is 1.75. The molecule has 1 aromatic rings. The van der Waals surface area contributed by atoms with Crippen molar-refractivity contribution in [2.45, 2.75) is 26.4 Å². The summed E-state index contributed by atoms with van der Waals surface area (Å²) in [7, 11) is 0. The van der Waals surface area contributed by atoms with Crippen molar-refractivity contribution in [2.75, 3.05) is 18.5 Å². The highest BCUT2D eigenvalue weighted by atomic mass is 16.5. The predicted molar refractivity (Wildman–Crippen MR) is 60.9 cm³/mol. The maximum absolute atomic E-state index is 10.4. The zero-order valence-corrected chi connectivity index (χ0v) is 9.69.